The zero-order valence-electron chi connectivity index (χ0n) is 9.08. The van der Waals surface area contributed by atoms with Gasteiger partial charge >= 0.3 is 7.12 Å². The summed E-state index contributed by atoms with van der Waals surface area (Å²) in [5, 5.41) is 18.2. The molecule has 2 aromatic rings. The molecule has 0 bridgehead atoms. The zero-order valence-corrected chi connectivity index (χ0v) is 9.08. The molecule has 0 saturated carbocycles. The van der Waals surface area contributed by atoms with Crippen molar-refractivity contribution in [1.29, 1.82) is 0 Å². The topological polar surface area (TPSA) is 57.5 Å². The number of benzene rings is 2. The Hall–Kier alpha value is -1.91. The molecule has 2 aromatic carbocycles. The first-order chi connectivity index (χ1) is 8.22. The van der Waals surface area contributed by atoms with Crippen molar-refractivity contribution in [3.63, 3.8) is 0 Å². The van der Waals surface area contributed by atoms with E-state index in [1.54, 1.807) is 30.3 Å². The molecule has 17 heavy (non-hydrogen) atoms. The summed E-state index contributed by atoms with van der Waals surface area (Å²) >= 11 is 0. The summed E-state index contributed by atoms with van der Waals surface area (Å²) in [4.78, 5) is 10.9. The molecule has 0 aliphatic rings. The van der Waals surface area contributed by atoms with Crippen molar-refractivity contribution in [2.45, 2.75) is 0 Å². The summed E-state index contributed by atoms with van der Waals surface area (Å²) in [5.41, 5.74) is 2.56. The Morgan fingerprint density at radius 1 is 1.00 bits per heavy atom. The van der Waals surface area contributed by atoms with Gasteiger partial charge in [0.05, 0.1) is 0 Å². The van der Waals surface area contributed by atoms with Crippen molar-refractivity contribution in [3.05, 3.63) is 54.1 Å². The molecule has 0 fully saturated rings. The average Bonchev–Trinajstić information content (AvgIpc) is 2.39. The minimum Gasteiger partial charge on any atom is -0.423 e. The van der Waals surface area contributed by atoms with Crippen LogP contribution in [0.1, 0.15) is 10.4 Å². The maximum atomic E-state index is 10.9. The van der Waals surface area contributed by atoms with Crippen LogP contribution in [0.25, 0.3) is 11.1 Å². The number of hydrogen-bond acceptors (Lipinski definition) is 3. The summed E-state index contributed by atoms with van der Waals surface area (Å²) < 4.78 is 0. The SMILES string of the molecule is O=Cc1ccccc1-c1cccc(B(O)O)c1. The Kier molecular flexibility index (Phi) is 3.37. The van der Waals surface area contributed by atoms with Gasteiger partial charge in [0.1, 0.15) is 0 Å². The van der Waals surface area contributed by atoms with Crippen LogP contribution >= 0.6 is 0 Å². The van der Waals surface area contributed by atoms with Crippen LogP contribution in [-0.4, -0.2) is 23.5 Å². The van der Waals surface area contributed by atoms with E-state index < -0.39 is 7.12 Å². The first kappa shape index (κ1) is 11.6. The van der Waals surface area contributed by atoms with Crippen molar-refractivity contribution >= 4 is 18.9 Å². The van der Waals surface area contributed by atoms with Gasteiger partial charge in [-0.3, -0.25) is 4.79 Å². The molecule has 0 aliphatic carbocycles. The second-order valence-corrected chi connectivity index (χ2v) is 3.70. The van der Waals surface area contributed by atoms with Crippen LogP contribution in [0.15, 0.2) is 48.5 Å². The van der Waals surface area contributed by atoms with Gasteiger partial charge in [0, 0.05) is 5.56 Å². The largest absolute Gasteiger partial charge is 0.488 e. The van der Waals surface area contributed by atoms with Gasteiger partial charge in [0.15, 0.2) is 6.29 Å². The molecule has 0 aliphatic heterocycles. The second kappa shape index (κ2) is 4.95. The van der Waals surface area contributed by atoms with Crippen LogP contribution in [0, 0.1) is 0 Å². The van der Waals surface area contributed by atoms with Crippen molar-refractivity contribution in [2.75, 3.05) is 0 Å². The lowest BCUT2D eigenvalue weighted by molar-refractivity contribution is 0.112. The molecular weight excluding hydrogens is 215 g/mol. The molecule has 4 heteroatoms. The lowest BCUT2D eigenvalue weighted by Gasteiger charge is -2.07. The zero-order chi connectivity index (χ0) is 12.3. The van der Waals surface area contributed by atoms with Gasteiger partial charge in [-0.15, -0.1) is 0 Å². The van der Waals surface area contributed by atoms with Crippen molar-refractivity contribution < 1.29 is 14.8 Å². The fraction of sp³-hybridized carbons (Fsp3) is 0. The Bertz CT molecular complexity index is 538. The van der Waals surface area contributed by atoms with E-state index in [0.717, 1.165) is 17.4 Å². The Balaban J connectivity index is 2.52. The van der Waals surface area contributed by atoms with Gasteiger partial charge in [-0.2, -0.15) is 0 Å². The summed E-state index contributed by atoms with van der Waals surface area (Å²) in [6.07, 6.45) is 0.789. The minimum atomic E-state index is -1.50. The van der Waals surface area contributed by atoms with E-state index in [9.17, 15) is 4.79 Å². The van der Waals surface area contributed by atoms with Gasteiger partial charge in [0.25, 0.3) is 0 Å². The van der Waals surface area contributed by atoms with E-state index in [2.05, 4.69) is 0 Å². The highest BCUT2D eigenvalue weighted by Gasteiger charge is 2.12. The quantitative estimate of drug-likeness (QED) is 0.602. The van der Waals surface area contributed by atoms with Crippen molar-refractivity contribution in [3.8, 4) is 11.1 Å². The molecule has 0 unspecified atom stereocenters. The standard InChI is InChI=1S/C13H11BO3/c15-9-11-4-1-2-7-13(11)10-5-3-6-12(8-10)14(16)17/h1-9,16-17H. The second-order valence-electron chi connectivity index (χ2n) is 3.70. The molecule has 84 valence electrons. The van der Waals surface area contributed by atoms with Crippen molar-refractivity contribution in [2.24, 2.45) is 0 Å². The molecule has 3 nitrogen and oxygen atoms in total. The van der Waals surface area contributed by atoms with Gasteiger partial charge in [-0.05, 0) is 16.6 Å². The third kappa shape index (κ3) is 2.44. The van der Waals surface area contributed by atoms with Crippen LogP contribution in [0.4, 0.5) is 0 Å². The van der Waals surface area contributed by atoms with E-state index in [0.29, 0.717) is 11.0 Å². The van der Waals surface area contributed by atoms with Crippen LogP contribution in [-0.2, 0) is 0 Å². The Morgan fingerprint density at radius 2 is 1.76 bits per heavy atom. The summed E-state index contributed by atoms with van der Waals surface area (Å²) in [6, 6.07) is 14.0. The molecule has 0 atom stereocenters. The average molecular weight is 226 g/mol. The molecule has 0 saturated heterocycles. The highest BCUT2D eigenvalue weighted by Crippen LogP contribution is 2.21. The van der Waals surface area contributed by atoms with Crippen LogP contribution in [0.2, 0.25) is 0 Å². The molecule has 0 heterocycles. The van der Waals surface area contributed by atoms with Crippen LogP contribution < -0.4 is 5.46 Å². The highest BCUT2D eigenvalue weighted by atomic mass is 16.4. The monoisotopic (exact) mass is 226 g/mol. The van der Waals surface area contributed by atoms with Gasteiger partial charge in [-0.25, -0.2) is 0 Å². The summed E-state index contributed by atoms with van der Waals surface area (Å²) in [6.45, 7) is 0. The summed E-state index contributed by atoms with van der Waals surface area (Å²) in [5.74, 6) is 0. The normalized spacial score (nSPS) is 10.0. The van der Waals surface area contributed by atoms with Crippen LogP contribution in [0.5, 0.6) is 0 Å². The maximum Gasteiger partial charge on any atom is 0.488 e. The molecule has 2 rings (SSSR count). The predicted octanol–water partition coefficient (Wildman–Crippen LogP) is 0.846. The fourth-order valence-electron chi connectivity index (χ4n) is 1.73. The predicted molar refractivity (Wildman–Crippen MR) is 67.1 cm³/mol. The van der Waals surface area contributed by atoms with E-state index >= 15 is 0 Å². The molecule has 0 aromatic heterocycles. The number of carbonyl (C=O) groups excluding carboxylic acids is 1. The molecule has 0 radical (unpaired) electrons. The number of aldehydes is 1. The summed E-state index contributed by atoms with van der Waals surface area (Å²) in [7, 11) is -1.50. The van der Waals surface area contributed by atoms with Gasteiger partial charge in [-0.1, -0.05) is 48.5 Å². The molecule has 0 spiro atoms. The molecule has 0 amide bonds. The highest BCUT2D eigenvalue weighted by molar-refractivity contribution is 6.58. The Labute approximate surface area is 99.5 Å². The molecule has 2 N–H and O–H groups in total. The lowest BCUT2D eigenvalue weighted by Crippen LogP contribution is -2.29. The van der Waals surface area contributed by atoms with Gasteiger partial charge < -0.3 is 10.0 Å². The smallest absolute Gasteiger partial charge is 0.423 e. The first-order valence-electron chi connectivity index (χ1n) is 5.23. The Morgan fingerprint density at radius 3 is 2.47 bits per heavy atom. The number of hydrogen-bond donors (Lipinski definition) is 2. The van der Waals surface area contributed by atoms with E-state index in [1.807, 2.05) is 18.2 Å². The van der Waals surface area contributed by atoms with Gasteiger partial charge in [0.2, 0.25) is 0 Å². The first-order valence-corrected chi connectivity index (χ1v) is 5.23. The minimum absolute atomic E-state index is 0.406. The number of rotatable bonds is 3. The lowest BCUT2D eigenvalue weighted by atomic mass is 9.79. The third-order valence-electron chi connectivity index (χ3n) is 2.58. The molecular formula is C13H11BO3. The van der Waals surface area contributed by atoms with E-state index in [4.69, 9.17) is 10.0 Å². The third-order valence-corrected chi connectivity index (χ3v) is 2.58. The fourth-order valence-corrected chi connectivity index (χ4v) is 1.73. The maximum absolute atomic E-state index is 10.9. The van der Waals surface area contributed by atoms with E-state index in [-0.39, 0.29) is 0 Å². The van der Waals surface area contributed by atoms with Crippen LogP contribution in [0.3, 0.4) is 0 Å². The number of carbonyl (C=O) groups is 1. The van der Waals surface area contributed by atoms with Crippen molar-refractivity contribution in [1.82, 2.24) is 0 Å². The van der Waals surface area contributed by atoms with E-state index in [1.165, 1.54) is 0 Å².